The minimum absolute atomic E-state index is 0.211. The molecule has 3 nitrogen and oxygen atoms in total. The van der Waals surface area contributed by atoms with Gasteiger partial charge in [-0.1, -0.05) is 0 Å². The van der Waals surface area contributed by atoms with Crippen molar-refractivity contribution in [3.05, 3.63) is 50.6 Å². The second kappa shape index (κ2) is 6.02. The van der Waals surface area contributed by atoms with E-state index in [0.717, 1.165) is 6.42 Å². The van der Waals surface area contributed by atoms with Crippen LogP contribution in [0.15, 0.2) is 39.5 Å². The number of rotatable bonds is 5. The van der Waals surface area contributed by atoms with Crippen molar-refractivity contribution in [3.8, 4) is 5.75 Å². The predicted octanol–water partition coefficient (Wildman–Crippen LogP) is 3.83. The van der Waals surface area contributed by atoms with Gasteiger partial charge in [-0.3, -0.25) is 0 Å². The molecule has 5 heteroatoms. The molecule has 0 fully saturated rings. The van der Waals surface area contributed by atoms with Crippen molar-refractivity contribution in [2.45, 2.75) is 6.42 Å². The van der Waals surface area contributed by atoms with Gasteiger partial charge < -0.3 is 9.84 Å². The minimum atomic E-state index is -0.967. The van der Waals surface area contributed by atoms with E-state index in [0.29, 0.717) is 16.8 Å². The van der Waals surface area contributed by atoms with Gasteiger partial charge in [-0.2, -0.15) is 11.3 Å². The Labute approximate surface area is 117 Å². The highest BCUT2D eigenvalue weighted by Gasteiger charge is 2.09. The Morgan fingerprint density at radius 3 is 2.89 bits per heavy atom. The van der Waals surface area contributed by atoms with Crippen molar-refractivity contribution in [2.75, 3.05) is 6.61 Å². The van der Waals surface area contributed by atoms with Gasteiger partial charge in [-0.05, 0) is 56.5 Å². The van der Waals surface area contributed by atoms with Crippen LogP contribution in [0.5, 0.6) is 5.75 Å². The van der Waals surface area contributed by atoms with Crippen LogP contribution in [0.4, 0.5) is 0 Å². The third kappa shape index (κ3) is 3.34. The fourth-order valence-electron chi connectivity index (χ4n) is 1.48. The molecule has 0 amide bonds. The molecule has 1 heterocycles. The lowest BCUT2D eigenvalue weighted by Gasteiger charge is -2.07. The Balaban J connectivity index is 1.97. The highest BCUT2D eigenvalue weighted by Crippen LogP contribution is 2.22. The second-order valence-corrected chi connectivity index (χ2v) is 5.31. The molecule has 18 heavy (non-hydrogen) atoms. The van der Waals surface area contributed by atoms with Gasteiger partial charge in [0.05, 0.1) is 12.2 Å². The summed E-state index contributed by atoms with van der Waals surface area (Å²) in [5.74, 6) is -0.393. The van der Waals surface area contributed by atoms with Crippen LogP contribution >= 0.6 is 27.3 Å². The molecule has 0 atom stereocenters. The van der Waals surface area contributed by atoms with Crippen molar-refractivity contribution in [1.29, 1.82) is 0 Å². The highest BCUT2D eigenvalue weighted by atomic mass is 79.9. The molecule has 1 aromatic carbocycles. The van der Waals surface area contributed by atoms with E-state index in [-0.39, 0.29) is 5.56 Å². The number of halogens is 1. The van der Waals surface area contributed by atoms with Crippen LogP contribution in [0.3, 0.4) is 0 Å². The maximum absolute atomic E-state index is 11.0. The highest BCUT2D eigenvalue weighted by molar-refractivity contribution is 9.10. The molecule has 0 bridgehead atoms. The molecular formula is C13H11BrO3S. The van der Waals surface area contributed by atoms with Gasteiger partial charge in [0.25, 0.3) is 0 Å². The molecule has 0 aliphatic heterocycles. The monoisotopic (exact) mass is 326 g/mol. The van der Waals surface area contributed by atoms with Crippen molar-refractivity contribution in [3.63, 3.8) is 0 Å². The Bertz CT molecular complexity index is 537. The van der Waals surface area contributed by atoms with Crippen LogP contribution in [0.2, 0.25) is 0 Å². The lowest BCUT2D eigenvalue weighted by Crippen LogP contribution is -2.03. The number of hydrogen-bond acceptors (Lipinski definition) is 3. The molecule has 1 aromatic heterocycles. The van der Waals surface area contributed by atoms with Crippen LogP contribution in [0.1, 0.15) is 15.9 Å². The van der Waals surface area contributed by atoms with Crippen LogP contribution in [0, 0.1) is 0 Å². The number of carbonyl (C=O) groups is 1. The summed E-state index contributed by atoms with van der Waals surface area (Å²) in [6.45, 7) is 0.539. The summed E-state index contributed by atoms with van der Waals surface area (Å²) in [6, 6.07) is 7.02. The third-order valence-electron chi connectivity index (χ3n) is 2.41. The first kappa shape index (κ1) is 13.1. The summed E-state index contributed by atoms with van der Waals surface area (Å²) in [7, 11) is 0. The quantitative estimate of drug-likeness (QED) is 0.908. The number of ether oxygens (including phenoxy) is 1. The average Bonchev–Trinajstić information content (AvgIpc) is 2.84. The zero-order valence-electron chi connectivity index (χ0n) is 9.43. The number of aromatic carboxylic acids is 1. The van der Waals surface area contributed by atoms with Crippen LogP contribution in [0.25, 0.3) is 0 Å². The molecule has 0 radical (unpaired) electrons. The van der Waals surface area contributed by atoms with E-state index < -0.39 is 5.97 Å². The fourth-order valence-corrected chi connectivity index (χ4v) is 2.60. The lowest BCUT2D eigenvalue weighted by molar-refractivity contribution is 0.0695. The van der Waals surface area contributed by atoms with Gasteiger partial charge in [-0.15, -0.1) is 0 Å². The van der Waals surface area contributed by atoms with Gasteiger partial charge in [0.2, 0.25) is 0 Å². The van der Waals surface area contributed by atoms with Gasteiger partial charge in [0, 0.05) is 10.9 Å². The Morgan fingerprint density at radius 1 is 1.39 bits per heavy atom. The first-order valence-electron chi connectivity index (χ1n) is 5.33. The Hall–Kier alpha value is -1.33. The van der Waals surface area contributed by atoms with E-state index in [9.17, 15) is 4.79 Å². The normalized spacial score (nSPS) is 10.3. The van der Waals surface area contributed by atoms with E-state index in [1.165, 1.54) is 11.6 Å². The maximum Gasteiger partial charge on any atom is 0.336 e. The number of thiophene rings is 1. The summed E-state index contributed by atoms with van der Waals surface area (Å²) in [5, 5.41) is 13.1. The second-order valence-electron chi connectivity index (χ2n) is 3.68. The standard InChI is InChI=1S/C13H11BrO3S/c14-12-2-1-10(7-11(12)13(15)16)17-5-3-9-4-6-18-8-9/h1-2,4,6-8H,3,5H2,(H,15,16). The number of hydrogen-bond donors (Lipinski definition) is 1. The van der Waals surface area contributed by atoms with E-state index in [1.807, 2.05) is 5.38 Å². The fraction of sp³-hybridized carbons (Fsp3) is 0.154. The minimum Gasteiger partial charge on any atom is -0.493 e. The average molecular weight is 327 g/mol. The number of carboxylic acids is 1. The maximum atomic E-state index is 11.0. The van der Waals surface area contributed by atoms with Crippen molar-refractivity contribution in [2.24, 2.45) is 0 Å². The van der Waals surface area contributed by atoms with Gasteiger partial charge in [0.15, 0.2) is 0 Å². The van der Waals surface area contributed by atoms with Crippen molar-refractivity contribution in [1.82, 2.24) is 0 Å². The summed E-state index contributed by atoms with van der Waals surface area (Å²) in [4.78, 5) is 11.0. The lowest BCUT2D eigenvalue weighted by atomic mass is 10.2. The van der Waals surface area contributed by atoms with Crippen molar-refractivity contribution < 1.29 is 14.6 Å². The van der Waals surface area contributed by atoms with E-state index in [2.05, 4.69) is 27.4 Å². The Morgan fingerprint density at radius 2 is 2.22 bits per heavy atom. The topological polar surface area (TPSA) is 46.5 Å². The number of benzene rings is 1. The first-order chi connectivity index (χ1) is 8.66. The molecule has 0 unspecified atom stereocenters. The summed E-state index contributed by atoms with van der Waals surface area (Å²) >= 11 is 4.85. The summed E-state index contributed by atoms with van der Waals surface area (Å²) in [5.41, 5.74) is 1.44. The number of carboxylic acid groups (broad SMARTS) is 1. The molecule has 2 aromatic rings. The van der Waals surface area contributed by atoms with Crippen LogP contribution in [-0.2, 0) is 6.42 Å². The molecule has 0 aliphatic carbocycles. The van der Waals surface area contributed by atoms with Gasteiger partial charge in [-0.25, -0.2) is 4.79 Å². The molecular weight excluding hydrogens is 316 g/mol. The summed E-state index contributed by atoms with van der Waals surface area (Å²) < 4.78 is 6.10. The molecule has 0 aliphatic rings. The molecule has 94 valence electrons. The van der Waals surface area contributed by atoms with E-state index >= 15 is 0 Å². The van der Waals surface area contributed by atoms with E-state index in [4.69, 9.17) is 9.84 Å². The SMILES string of the molecule is O=C(O)c1cc(OCCc2ccsc2)ccc1Br. The Kier molecular flexibility index (Phi) is 4.38. The zero-order chi connectivity index (χ0) is 13.0. The van der Waals surface area contributed by atoms with Crippen molar-refractivity contribution >= 4 is 33.2 Å². The van der Waals surface area contributed by atoms with Gasteiger partial charge >= 0.3 is 5.97 Å². The molecule has 0 saturated heterocycles. The summed E-state index contributed by atoms with van der Waals surface area (Å²) in [6.07, 6.45) is 0.821. The molecule has 1 N–H and O–H groups in total. The third-order valence-corrected chi connectivity index (χ3v) is 3.83. The van der Waals surface area contributed by atoms with Crippen LogP contribution in [-0.4, -0.2) is 17.7 Å². The first-order valence-corrected chi connectivity index (χ1v) is 7.07. The van der Waals surface area contributed by atoms with E-state index in [1.54, 1.807) is 23.5 Å². The van der Waals surface area contributed by atoms with Crippen LogP contribution < -0.4 is 4.74 Å². The molecule has 0 spiro atoms. The molecule has 2 rings (SSSR count). The largest absolute Gasteiger partial charge is 0.493 e. The van der Waals surface area contributed by atoms with Gasteiger partial charge in [0.1, 0.15) is 5.75 Å². The molecule has 0 saturated carbocycles. The zero-order valence-corrected chi connectivity index (χ0v) is 11.8. The predicted molar refractivity (Wildman–Crippen MR) is 74.6 cm³/mol. The smallest absolute Gasteiger partial charge is 0.336 e.